The number of carbonyl (C=O) groups excluding carboxylic acids is 3. The zero-order chi connectivity index (χ0) is 62.0. The van der Waals surface area contributed by atoms with Gasteiger partial charge in [-0.25, -0.2) is 14.4 Å². The molecule has 2 aliphatic rings. The summed E-state index contributed by atoms with van der Waals surface area (Å²) in [6, 6.07) is 15.3. The molecule has 4 amide bonds. The molecule has 1 saturated carbocycles. The highest BCUT2D eigenvalue weighted by molar-refractivity contribution is 7.80. The predicted molar refractivity (Wildman–Crippen MR) is 313 cm³/mol. The van der Waals surface area contributed by atoms with Crippen molar-refractivity contribution in [1.29, 1.82) is 0 Å². The second-order valence-electron chi connectivity index (χ2n) is 21.5. The highest BCUT2D eigenvalue weighted by atomic mass is 32.1. The molecule has 1 aliphatic carbocycles. The van der Waals surface area contributed by atoms with Crippen LogP contribution in [-0.2, 0) is 56.0 Å². The number of rotatable bonds is 30. The van der Waals surface area contributed by atoms with Crippen molar-refractivity contribution in [3.05, 3.63) is 77.9 Å². The Morgan fingerprint density at radius 3 is 1.69 bits per heavy atom. The number of nitrogens with one attached hydrogen (secondary N) is 6. The zero-order valence-electron chi connectivity index (χ0n) is 47.2. The van der Waals surface area contributed by atoms with Gasteiger partial charge in [-0.15, -0.1) is 0 Å². The van der Waals surface area contributed by atoms with Crippen LogP contribution in [0.15, 0.2) is 66.7 Å². The van der Waals surface area contributed by atoms with E-state index in [9.17, 15) is 78.6 Å². The van der Waals surface area contributed by atoms with Crippen molar-refractivity contribution in [1.82, 2.24) is 46.2 Å². The van der Waals surface area contributed by atoms with Crippen molar-refractivity contribution in [2.45, 2.75) is 94.8 Å². The van der Waals surface area contributed by atoms with E-state index in [-0.39, 0.29) is 116 Å². The average Bonchev–Trinajstić information content (AvgIpc) is 3.52. The Hall–Kier alpha value is -8.05. The standard InChI is InChI=1S/C57H78N10O17S/c68-47(69)19-18-45(55(82)83)63-56(84)62-44(54(80)81)7-3-4-20-58-53(79)46(29-38-10-13-39-5-1-2-6-41(39)27-38)61-52(78)40-14-8-37(9-15-40)30-59-57(85)60-42-16-11-36(12-17-42)28-43-31-66(34-50(74)75)24-23-64(32-48(70)71)21-22-65(33-49(72)73)25-26-67(43)35-51(76)77/h1-2,5-6,10-13,16-17,27,37,40,43-46H,3-4,7-9,14-15,18-26,28-35H2,(H,58,79)(H,61,78)(H,68,69)(H,70,71)(H,72,73)(H,74,75)(H,76,77)(H,80,81)(H,82,83)(H2,59,60,85)(H2,62,63,84)/t37?,40?,43?,44?,45?,46-/m0/s1. The molecule has 464 valence electrons. The lowest BCUT2D eigenvalue weighted by Gasteiger charge is -2.37. The van der Waals surface area contributed by atoms with E-state index >= 15 is 0 Å². The molecule has 3 unspecified atom stereocenters. The van der Waals surface area contributed by atoms with Gasteiger partial charge in [-0.1, -0.05) is 54.6 Å². The Morgan fingerprint density at radius 1 is 0.553 bits per heavy atom. The van der Waals surface area contributed by atoms with E-state index in [0.717, 1.165) is 21.9 Å². The lowest BCUT2D eigenvalue weighted by Crippen LogP contribution is -2.53. The number of hydrogen-bond acceptors (Lipinski definition) is 15. The molecule has 1 saturated heterocycles. The fourth-order valence-electron chi connectivity index (χ4n) is 10.4. The number of carbonyl (C=O) groups is 10. The van der Waals surface area contributed by atoms with E-state index in [4.69, 9.17) is 17.3 Å². The van der Waals surface area contributed by atoms with Crippen LogP contribution in [0, 0.1) is 11.8 Å². The molecule has 0 aromatic heterocycles. The van der Waals surface area contributed by atoms with Gasteiger partial charge in [-0.05, 0) is 110 Å². The fourth-order valence-corrected chi connectivity index (χ4v) is 10.6. The second kappa shape index (κ2) is 34.7. The molecular formula is C57H78N10O17S. The number of urea groups is 1. The van der Waals surface area contributed by atoms with Gasteiger partial charge in [0.05, 0.1) is 26.2 Å². The molecule has 85 heavy (non-hydrogen) atoms. The summed E-state index contributed by atoms with van der Waals surface area (Å²) in [4.78, 5) is 129. The van der Waals surface area contributed by atoms with Gasteiger partial charge < -0.3 is 67.6 Å². The summed E-state index contributed by atoms with van der Waals surface area (Å²) in [6.45, 7) is 0.389. The minimum atomic E-state index is -1.55. The molecule has 28 heteroatoms. The minimum absolute atomic E-state index is 0.0684. The Balaban J connectivity index is 1.13. The maximum atomic E-state index is 13.9. The van der Waals surface area contributed by atoms with Gasteiger partial charge in [0.1, 0.15) is 18.1 Å². The summed E-state index contributed by atoms with van der Waals surface area (Å²) in [5, 5.41) is 85.8. The van der Waals surface area contributed by atoms with Gasteiger partial charge in [0.25, 0.3) is 0 Å². The molecule has 1 aliphatic heterocycles. The Kier molecular flexibility index (Phi) is 27.6. The van der Waals surface area contributed by atoms with Crippen LogP contribution in [0.1, 0.15) is 68.9 Å². The topological polar surface area (TPSA) is 397 Å². The van der Waals surface area contributed by atoms with E-state index in [1.807, 2.05) is 66.7 Å². The number of hydrogen-bond donors (Lipinski definition) is 13. The van der Waals surface area contributed by atoms with Crippen molar-refractivity contribution in [2.24, 2.45) is 11.8 Å². The monoisotopic (exact) mass is 1210 g/mol. The summed E-state index contributed by atoms with van der Waals surface area (Å²) < 4.78 is 0. The van der Waals surface area contributed by atoms with E-state index in [0.29, 0.717) is 55.9 Å². The SMILES string of the molecule is O=C(O)CCC(NC(=O)NC(CCCCNC(=O)[C@H](Cc1ccc2ccccc2c1)NC(=O)C1CCC(CNC(=S)Nc2ccc(CC3CN(CC(=O)O)CCN(CC(=O)O)CCN(CC(=O)O)CCN3CC(=O)O)cc2)CC1)C(=O)O)C(=O)O. The predicted octanol–water partition coefficient (Wildman–Crippen LogP) is 1.49. The number of fused-ring (bicyclic) bond motifs is 1. The van der Waals surface area contributed by atoms with Gasteiger partial charge in [0.2, 0.25) is 11.8 Å². The number of anilines is 1. The first-order valence-corrected chi connectivity index (χ1v) is 28.6. The van der Waals surface area contributed by atoms with Crippen LogP contribution in [0.3, 0.4) is 0 Å². The molecule has 1 heterocycles. The fraction of sp³-hybridized carbons (Fsp3) is 0.526. The van der Waals surface area contributed by atoms with Crippen LogP contribution in [0.25, 0.3) is 10.8 Å². The van der Waals surface area contributed by atoms with Gasteiger partial charge in [0.15, 0.2) is 5.11 Å². The number of carboxylic acids is 7. The molecule has 3 aromatic rings. The lowest BCUT2D eigenvalue weighted by molar-refractivity contribution is -0.142. The number of aliphatic carboxylic acids is 7. The molecule has 0 bridgehead atoms. The third kappa shape index (κ3) is 25.0. The molecule has 3 aromatic carbocycles. The summed E-state index contributed by atoms with van der Waals surface area (Å²) in [5.74, 6) is -9.42. The first-order valence-electron chi connectivity index (χ1n) is 28.2. The van der Waals surface area contributed by atoms with E-state index in [2.05, 4.69) is 31.9 Å². The highest BCUT2D eigenvalue weighted by Crippen LogP contribution is 2.29. The maximum absolute atomic E-state index is 13.9. The number of carboxylic acid groups (broad SMARTS) is 7. The summed E-state index contributed by atoms with van der Waals surface area (Å²) in [6.07, 6.45) is 2.52. The van der Waals surface area contributed by atoms with Crippen LogP contribution < -0.4 is 31.9 Å². The van der Waals surface area contributed by atoms with Gasteiger partial charge in [-0.2, -0.15) is 0 Å². The first-order chi connectivity index (χ1) is 40.5. The van der Waals surface area contributed by atoms with Crippen molar-refractivity contribution >= 4 is 93.4 Å². The van der Waals surface area contributed by atoms with Crippen LogP contribution in [0.2, 0.25) is 0 Å². The highest BCUT2D eigenvalue weighted by Gasteiger charge is 2.32. The molecule has 0 spiro atoms. The number of benzene rings is 3. The number of amides is 4. The quantitative estimate of drug-likeness (QED) is 0.0332. The number of thiocarbonyl (C=S) groups is 1. The van der Waals surface area contributed by atoms with E-state index < -0.39 is 90.7 Å². The molecule has 2 fully saturated rings. The molecule has 5 rings (SSSR count). The largest absolute Gasteiger partial charge is 0.481 e. The number of nitrogens with zero attached hydrogens (tertiary/aromatic N) is 4. The van der Waals surface area contributed by atoms with Crippen molar-refractivity contribution in [2.75, 3.05) is 90.4 Å². The van der Waals surface area contributed by atoms with Crippen molar-refractivity contribution in [3.63, 3.8) is 0 Å². The maximum Gasteiger partial charge on any atom is 0.326 e. The van der Waals surface area contributed by atoms with Crippen LogP contribution in [-0.4, -0.2) is 229 Å². The van der Waals surface area contributed by atoms with Gasteiger partial charge >= 0.3 is 47.8 Å². The summed E-state index contributed by atoms with van der Waals surface area (Å²) >= 11 is 5.65. The molecule has 0 radical (unpaired) electrons. The third-order valence-electron chi connectivity index (χ3n) is 15.0. The molecule has 4 atom stereocenters. The van der Waals surface area contributed by atoms with Gasteiger partial charge in [0, 0.05) is 89.4 Å². The molecular weight excluding hydrogens is 1130 g/mol. The van der Waals surface area contributed by atoms with Crippen LogP contribution in [0.5, 0.6) is 0 Å². The van der Waals surface area contributed by atoms with Crippen molar-refractivity contribution < 1.29 is 83.7 Å². The summed E-state index contributed by atoms with van der Waals surface area (Å²) in [5.41, 5.74) is 2.28. The van der Waals surface area contributed by atoms with Crippen LogP contribution in [0.4, 0.5) is 10.5 Å². The minimum Gasteiger partial charge on any atom is -0.481 e. The van der Waals surface area contributed by atoms with Crippen LogP contribution >= 0.6 is 12.2 Å². The molecule has 13 N–H and O–H groups in total. The smallest absolute Gasteiger partial charge is 0.326 e. The Labute approximate surface area is 496 Å². The normalized spacial score (nSPS) is 18.6. The average molecular weight is 1210 g/mol. The van der Waals surface area contributed by atoms with E-state index in [1.54, 1.807) is 19.6 Å². The Bertz CT molecular complexity index is 2800. The Morgan fingerprint density at radius 2 is 1.11 bits per heavy atom. The zero-order valence-corrected chi connectivity index (χ0v) is 48.0. The lowest BCUT2D eigenvalue weighted by atomic mass is 9.81. The third-order valence-corrected chi connectivity index (χ3v) is 15.2. The summed E-state index contributed by atoms with van der Waals surface area (Å²) in [7, 11) is 0. The van der Waals surface area contributed by atoms with Crippen molar-refractivity contribution in [3.8, 4) is 0 Å². The van der Waals surface area contributed by atoms with E-state index in [1.165, 1.54) is 0 Å². The first kappa shape index (κ1) is 67.7. The number of unbranched alkanes of at least 4 members (excludes halogenated alkanes) is 1. The second-order valence-corrected chi connectivity index (χ2v) is 21.9. The van der Waals surface area contributed by atoms with Gasteiger partial charge in [-0.3, -0.25) is 53.2 Å². The molecule has 27 nitrogen and oxygen atoms in total.